The summed E-state index contributed by atoms with van der Waals surface area (Å²) < 4.78 is 4.67. The van der Waals surface area contributed by atoms with Gasteiger partial charge in [0, 0.05) is 43.6 Å². The molecule has 0 spiro atoms. The van der Waals surface area contributed by atoms with Gasteiger partial charge in [0.15, 0.2) is 0 Å². The maximum Gasteiger partial charge on any atom is 0.235 e. The average Bonchev–Trinajstić information content (AvgIpc) is 3.68. The third kappa shape index (κ3) is 3.87. The summed E-state index contributed by atoms with van der Waals surface area (Å²) in [6.45, 7) is 0. The first-order chi connectivity index (χ1) is 24.8. The van der Waals surface area contributed by atoms with Crippen molar-refractivity contribution < 1.29 is 0 Å². The minimum atomic E-state index is 0.659. The number of nitrogens with zero attached hydrogens (tertiary/aromatic N) is 4. The van der Waals surface area contributed by atoms with E-state index in [-0.39, 0.29) is 0 Å². The van der Waals surface area contributed by atoms with Crippen LogP contribution in [0.15, 0.2) is 170 Å². The molecule has 50 heavy (non-hydrogen) atoms. The highest BCUT2D eigenvalue weighted by Crippen LogP contribution is 2.40. The van der Waals surface area contributed by atoms with Gasteiger partial charge < -0.3 is 4.57 Å². The van der Waals surface area contributed by atoms with Gasteiger partial charge in [-0.25, -0.2) is 9.97 Å². The Kier molecular flexibility index (Phi) is 5.63. The van der Waals surface area contributed by atoms with E-state index in [2.05, 4.69) is 179 Å². The molecule has 0 aliphatic carbocycles. The number of benzene rings is 8. The second-order valence-electron chi connectivity index (χ2n) is 13.0. The van der Waals surface area contributed by atoms with Crippen LogP contribution in [-0.4, -0.2) is 19.1 Å². The fourth-order valence-electron chi connectivity index (χ4n) is 8.01. The fraction of sp³-hybridized carbons (Fsp3) is 0. The minimum Gasteiger partial charge on any atom is -0.309 e. The van der Waals surface area contributed by atoms with Gasteiger partial charge in [-0.1, -0.05) is 127 Å². The van der Waals surface area contributed by atoms with Crippen molar-refractivity contribution in [3.63, 3.8) is 0 Å². The molecule has 0 amide bonds. The highest BCUT2D eigenvalue weighted by Gasteiger charge is 2.21. The first-order valence-electron chi connectivity index (χ1n) is 17.0. The summed E-state index contributed by atoms with van der Waals surface area (Å²) in [7, 11) is 0. The van der Waals surface area contributed by atoms with E-state index in [0.29, 0.717) is 5.95 Å². The van der Waals surface area contributed by atoms with E-state index in [9.17, 15) is 0 Å². The Morgan fingerprint density at radius 3 is 1.72 bits per heavy atom. The third-order valence-electron chi connectivity index (χ3n) is 10.3. The van der Waals surface area contributed by atoms with Crippen LogP contribution in [0.3, 0.4) is 0 Å². The lowest BCUT2D eigenvalue weighted by atomic mass is 10.0. The molecule has 0 saturated heterocycles. The standard InChI is InChI=1S/C46H28N4/c1-2-14-31(15-3-1)44-37-25-23-30-13-6-7-17-34(30)45(37)48-46(47-44)50-41-21-11-9-19-36(41)39-27-38-35-18-8-10-20-40(35)49(42(38)28-43(39)50)33-24-22-29-12-4-5-16-32(29)26-33/h1-28H. The third-order valence-corrected chi connectivity index (χ3v) is 10.3. The largest absolute Gasteiger partial charge is 0.309 e. The molecule has 3 heterocycles. The van der Waals surface area contributed by atoms with E-state index in [1.807, 2.05) is 0 Å². The number of fused-ring (bicyclic) bond motifs is 10. The van der Waals surface area contributed by atoms with Gasteiger partial charge in [0.2, 0.25) is 5.95 Å². The molecule has 11 rings (SSSR count). The lowest BCUT2D eigenvalue weighted by Crippen LogP contribution is -2.04. The molecule has 0 aliphatic rings. The zero-order chi connectivity index (χ0) is 32.8. The Balaban J connectivity index is 1.28. The van der Waals surface area contributed by atoms with Gasteiger partial charge in [0.1, 0.15) is 0 Å². The molecule has 232 valence electrons. The molecule has 0 bridgehead atoms. The molecule has 0 unspecified atom stereocenters. The lowest BCUT2D eigenvalue weighted by molar-refractivity contribution is 1.02. The zero-order valence-electron chi connectivity index (χ0n) is 27.0. The first kappa shape index (κ1) is 27.2. The summed E-state index contributed by atoms with van der Waals surface area (Å²) in [5, 5.41) is 10.6. The average molecular weight is 637 g/mol. The molecule has 0 aliphatic heterocycles. The molecular formula is C46H28N4. The van der Waals surface area contributed by atoms with E-state index >= 15 is 0 Å². The molecule has 8 aromatic carbocycles. The molecule has 0 radical (unpaired) electrons. The van der Waals surface area contributed by atoms with E-state index in [1.54, 1.807) is 0 Å². The number of hydrogen-bond donors (Lipinski definition) is 0. The fourth-order valence-corrected chi connectivity index (χ4v) is 8.01. The summed E-state index contributed by atoms with van der Waals surface area (Å²) in [6, 6.07) is 60.7. The first-order valence-corrected chi connectivity index (χ1v) is 17.0. The SMILES string of the molecule is c1ccc(-c2nc(-n3c4ccccc4c4cc5c6ccccc6n(-c6ccc7ccccc7c6)c5cc43)nc3c2ccc2ccccc23)cc1. The summed E-state index contributed by atoms with van der Waals surface area (Å²) in [5.74, 6) is 0.659. The van der Waals surface area contributed by atoms with Gasteiger partial charge in [-0.2, -0.15) is 0 Å². The molecule has 4 heteroatoms. The van der Waals surface area contributed by atoms with E-state index in [0.717, 1.165) is 55.2 Å². The summed E-state index contributed by atoms with van der Waals surface area (Å²) in [6.07, 6.45) is 0. The van der Waals surface area contributed by atoms with Crippen molar-refractivity contribution in [2.24, 2.45) is 0 Å². The second-order valence-corrected chi connectivity index (χ2v) is 13.0. The summed E-state index contributed by atoms with van der Waals surface area (Å²) >= 11 is 0. The van der Waals surface area contributed by atoms with E-state index in [4.69, 9.17) is 9.97 Å². The summed E-state index contributed by atoms with van der Waals surface area (Å²) in [4.78, 5) is 10.8. The van der Waals surface area contributed by atoms with Crippen LogP contribution in [0.5, 0.6) is 0 Å². The number of rotatable bonds is 3. The van der Waals surface area contributed by atoms with Crippen molar-refractivity contribution in [3.05, 3.63) is 170 Å². The lowest BCUT2D eigenvalue weighted by Gasteiger charge is -2.13. The highest BCUT2D eigenvalue weighted by molar-refractivity contribution is 6.19. The normalized spacial score (nSPS) is 12.0. The Bertz CT molecular complexity index is 3150. The van der Waals surface area contributed by atoms with E-state index in [1.165, 1.54) is 37.8 Å². The number of aromatic nitrogens is 4. The quantitative estimate of drug-likeness (QED) is 0.181. The van der Waals surface area contributed by atoms with Crippen LogP contribution in [0, 0.1) is 0 Å². The zero-order valence-corrected chi connectivity index (χ0v) is 27.0. The number of hydrogen-bond acceptors (Lipinski definition) is 2. The molecule has 0 N–H and O–H groups in total. The predicted molar refractivity (Wildman–Crippen MR) is 209 cm³/mol. The molecule has 0 fully saturated rings. The maximum atomic E-state index is 5.41. The van der Waals surface area contributed by atoms with Crippen molar-refractivity contribution in [1.29, 1.82) is 0 Å². The van der Waals surface area contributed by atoms with Crippen LogP contribution in [0.25, 0.3) is 99.0 Å². The molecular weight excluding hydrogens is 609 g/mol. The molecule has 3 aromatic heterocycles. The van der Waals surface area contributed by atoms with Crippen molar-refractivity contribution >= 4 is 76.1 Å². The van der Waals surface area contributed by atoms with Crippen molar-refractivity contribution in [1.82, 2.24) is 19.1 Å². The topological polar surface area (TPSA) is 35.6 Å². The van der Waals surface area contributed by atoms with Gasteiger partial charge in [-0.15, -0.1) is 0 Å². The number of para-hydroxylation sites is 2. The van der Waals surface area contributed by atoms with Crippen LogP contribution in [0.2, 0.25) is 0 Å². The minimum absolute atomic E-state index is 0.659. The van der Waals surface area contributed by atoms with Crippen molar-refractivity contribution in [2.75, 3.05) is 0 Å². The van der Waals surface area contributed by atoms with Gasteiger partial charge in [-0.05, 0) is 58.6 Å². The van der Waals surface area contributed by atoms with Gasteiger partial charge in [0.25, 0.3) is 0 Å². The van der Waals surface area contributed by atoms with Crippen molar-refractivity contribution in [3.8, 4) is 22.9 Å². The van der Waals surface area contributed by atoms with E-state index < -0.39 is 0 Å². The monoisotopic (exact) mass is 636 g/mol. The van der Waals surface area contributed by atoms with Gasteiger partial charge in [0.05, 0.1) is 33.3 Å². The van der Waals surface area contributed by atoms with Crippen LogP contribution >= 0.6 is 0 Å². The van der Waals surface area contributed by atoms with Crippen LogP contribution in [0.1, 0.15) is 0 Å². The van der Waals surface area contributed by atoms with Crippen molar-refractivity contribution in [2.45, 2.75) is 0 Å². The van der Waals surface area contributed by atoms with Crippen LogP contribution in [-0.2, 0) is 0 Å². The Morgan fingerprint density at radius 2 is 0.940 bits per heavy atom. The Labute approximate surface area is 287 Å². The summed E-state index contributed by atoms with van der Waals surface area (Å²) in [5.41, 5.74) is 8.55. The molecule has 0 saturated carbocycles. The Morgan fingerprint density at radius 1 is 0.340 bits per heavy atom. The Hall–Kier alpha value is -6.78. The van der Waals surface area contributed by atoms with Gasteiger partial charge >= 0.3 is 0 Å². The maximum absolute atomic E-state index is 5.41. The van der Waals surface area contributed by atoms with Gasteiger partial charge in [-0.3, -0.25) is 4.57 Å². The molecule has 0 atom stereocenters. The second kappa shape index (κ2) is 10.4. The predicted octanol–water partition coefficient (Wildman–Crippen LogP) is 11.8. The van der Waals surface area contributed by atoms with Crippen LogP contribution < -0.4 is 0 Å². The molecule has 4 nitrogen and oxygen atoms in total. The highest BCUT2D eigenvalue weighted by atomic mass is 15.2. The molecule has 11 aromatic rings. The van der Waals surface area contributed by atoms with Crippen LogP contribution in [0.4, 0.5) is 0 Å². The smallest absolute Gasteiger partial charge is 0.235 e.